The predicted molar refractivity (Wildman–Crippen MR) is 210 cm³/mol. The summed E-state index contributed by atoms with van der Waals surface area (Å²) in [5.41, 5.74) is 14.0. The van der Waals surface area contributed by atoms with Gasteiger partial charge in [0.2, 0.25) is 0 Å². The van der Waals surface area contributed by atoms with E-state index in [-0.39, 0.29) is 0 Å². The van der Waals surface area contributed by atoms with Gasteiger partial charge >= 0.3 is 0 Å². The second-order valence-electron chi connectivity index (χ2n) is 14.0. The number of fused-ring (bicyclic) bond motifs is 19. The lowest BCUT2D eigenvalue weighted by molar-refractivity contribution is 0.795. The molecular weight excluding hydrogens is 603 g/mol. The molecule has 2 aliphatic rings. The van der Waals surface area contributed by atoms with Gasteiger partial charge in [0.25, 0.3) is 0 Å². The van der Waals surface area contributed by atoms with Gasteiger partial charge < -0.3 is 4.57 Å². The Bertz CT molecular complexity index is 3000. The van der Waals surface area contributed by atoms with E-state index in [1.807, 2.05) is 0 Å². The smallest absolute Gasteiger partial charge is 0.0725 e. The predicted octanol–water partition coefficient (Wildman–Crippen LogP) is 12.6. The van der Waals surface area contributed by atoms with E-state index in [9.17, 15) is 0 Å². The van der Waals surface area contributed by atoms with Crippen LogP contribution in [0.5, 0.6) is 0 Å². The molecule has 0 atom stereocenters. The van der Waals surface area contributed by atoms with Gasteiger partial charge in [0.15, 0.2) is 0 Å². The number of para-hydroxylation sites is 2. The molecule has 1 heterocycles. The quantitative estimate of drug-likeness (QED) is 0.159. The Kier molecular flexibility index (Phi) is 4.97. The van der Waals surface area contributed by atoms with E-state index in [1.165, 1.54) is 104 Å². The van der Waals surface area contributed by atoms with E-state index < -0.39 is 5.41 Å². The zero-order valence-corrected chi connectivity index (χ0v) is 27.2. The van der Waals surface area contributed by atoms with Crippen molar-refractivity contribution in [2.75, 3.05) is 0 Å². The highest BCUT2D eigenvalue weighted by molar-refractivity contribution is 6.26. The highest BCUT2D eigenvalue weighted by Crippen LogP contribution is 2.63. The van der Waals surface area contributed by atoms with Crippen molar-refractivity contribution < 1.29 is 0 Å². The average Bonchev–Trinajstić information content (AvgIpc) is 3.79. The molecule has 2 aliphatic carbocycles. The Morgan fingerprint density at radius 2 is 0.700 bits per heavy atom. The van der Waals surface area contributed by atoms with Gasteiger partial charge in [-0.15, -0.1) is 0 Å². The van der Waals surface area contributed by atoms with Gasteiger partial charge in [-0.3, -0.25) is 0 Å². The first-order chi connectivity index (χ1) is 24.8. The van der Waals surface area contributed by atoms with Crippen LogP contribution in [0.2, 0.25) is 0 Å². The molecule has 50 heavy (non-hydrogen) atoms. The summed E-state index contributed by atoms with van der Waals surface area (Å²) in [6.45, 7) is 0. The molecule has 0 bridgehead atoms. The topological polar surface area (TPSA) is 4.93 Å². The third-order valence-electron chi connectivity index (χ3n) is 11.8. The summed E-state index contributed by atoms with van der Waals surface area (Å²) in [4.78, 5) is 0. The molecule has 0 N–H and O–H groups in total. The Morgan fingerprint density at radius 3 is 1.28 bits per heavy atom. The molecule has 1 aromatic heterocycles. The van der Waals surface area contributed by atoms with Crippen LogP contribution in [0.3, 0.4) is 0 Å². The summed E-state index contributed by atoms with van der Waals surface area (Å²) >= 11 is 0. The fourth-order valence-electron chi connectivity index (χ4n) is 9.87. The zero-order chi connectivity index (χ0) is 32.6. The monoisotopic (exact) mass is 631 g/mol. The van der Waals surface area contributed by atoms with Crippen molar-refractivity contribution >= 4 is 54.1 Å². The van der Waals surface area contributed by atoms with Gasteiger partial charge in [-0.25, -0.2) is 0 Å². The lowest BCUT2D eigenvalue weighted by Gasteiger charge is -2.31. The van der Waals surface area contributed by atoms with Crippen LogP contribution in [-0.2, 0) is 5.41 Å². The van der Waals surface area contributed by atoms with Crippen LogP contribution in [0.1, 0.15) is 22.3 Å². The number of hydrogen-bond donors (Lipinski definition) is 0. The molecule has 0 amide bonds. The maximum atomic E-state index is 2.55. The van der Waals surface area contributed by atoms with Crippen LogP contribution < -0.4 is 0 Å². The minimum absolute atomic E-state index is 0.419. The summed E-state index contributed by atoms with van der Waals surface area (Å²) in [5.74, 6) is 0. The lowest BCUT2D eigenvalue weighted by Crippen LogP contribution is -2.25. The van der Waals surface area contributed by atoms with Gasteiger partial charge in [0.1, 0.15) is 0 Å². The van der Waals surface area contributed by atoms with Crippen molar-refractivity contribution in [1.29, 1.82) is 0 Å². The molecule has 1 heteroatoms. The Hall–Kier alpha value is -6.44. The van der Waals surface area contributed by atoms with Crippen molar-refractivity contribution in [1.82, 2.24) is 4.57 Å². The minimum atomic E-state index is -0.419. The summed E-state index contributed by atoms with van der Waals surface area (Å²) in [5, 5.41) is 10.4. The summed E-state index contributed by atoms with van der Waals surface area (Å²) in [6.07, 6.45) is 0. The second-order valence-corrected chi connectivity index (χ2v) is 14.0. The summed E-state index contributed by atoms with van der Waals surface area (Å²) in [6, 6.07) is 66.1. The van der Waals surface area contributed by atoms with Gasteiger partial charge in [-0.05, 0) is 113 Å². The summed E-state index contributed by atoms with van der Waals surface area (Å²) in [7, 11) is 0. The number of rotatable bonds is 1. The summed E-state index contributed by atoms with van der Waals surface area (Å²) < 4.78 is 2.45. The van der Waals surface area contributed by atoms with E-state index in [4.69, 9.17) is 0 Å². The molecule has 9 aromatic carbocycles. The molecule has 12 rings (SSSR count). The van der Waals surface area contributed by atoms with Gasteiger partial charge in [0.05, 0.1) is 16.4 Å². The first-order valence-corrected chi connectivity index (χ1v) is 17.5. The van der Waals surface area contributed by atoms with Crippen molar-refractivity contribution in [3.05, 3.63) is 198 Å². The van der Waals surface area contributed by atoms with Crippen LogP contribution in [0.4, 0.5) is 0 Å². The van der Waals surface area contributed by atoms with E-state index in [0.29, 0.717) is 0 Å². The Morgan fingerprint density at radius 1 is 0.280 bits per heavy atom. The molecule has 0 saturated heterocycles. The van der Waals surface area contributed by atoms with Crippen molar-refractivity contribution in [2.45, 2.75) is 5.41 Å². The maximum Gasteiger partial charge on any atom is 0.0725 e. The first-order valence-electron chi connectivity index (χ1n) is 17.5. The largest absolute Gasteiger partial charge is 0.309 e. The molecule has 0 aliphatic heterocycles. The zero-order valence-electron chi connectivity index (χ0n) is 27.2. The maximum absolute atomic E-state index is 2.55. The fraction of sp³-hybridized carbons (Fsp3) is 0.0204. The molecule has 230 valence electrons. The van der Waals surface area contributed by atoms with Crippen LogP contribution in [-0.4, -0.2) is 4.57 Å². The first kappa shape index (κ1) is 26.5. The number of nitrogens with zero attached hydrogens (tertiary/aromatic N) is 1. The second kappa shape index (κ2) is 9.37. The van der Waals surface area contributed by atoms with Gasteiger partial charge in [-0.2, -0.15) is 0 Å². The highest BCUT2D eigenvalue weighted by atomic mass is 15.0. The Balaban J connectivity index is 1.27. The Labute approximate surface area is 289 Å². The molecule has 1 nitrogen and oxygen atoms in total. The fourth-order valence-corrected chi connectivity index (χ4v) is 9.87. The van der Waals surface area contributed by atoms with Crippen molar-refractivity contribution in [2.24, 2.45) is 0 Å². The van der Waals surface area contributed by atoms with Crippen LogP contribution in [0, 0.1) is 0 Å². The third-order valence-corrected chi connectivity index (χ3v) is 11.8. The van der Waals surface area contributed by atoms with E-state index in [2.05, 4.69) is 180 Å². The van der Waals surface area contributed by atoms with E-state index in [1.54, 1.807) is 0 Å². The molecule has 0 radical (unpaired) electrons. The van der Waals surface area contributed by atoms with Crippen LogP contribution >= 0.6 is 0 Å². The van der Waals surface area contributed by atoms with Crippen molar-refractivity contribution in [3.63, 3.8) is 0 Å². The lowest BCUT2D eigenvalue weighted by atomic mass is 9.70. The molecular formula is C49H29N. The number of benzene rings is 9. The van der Waals surface area contributed by atoms with Crippen molar-refractivity contribution in [3.8, 4) is 27.9 Å². The van der Waals surface area contributed by atoms with E-state index >= 15 is 0 Å². The molecule has 0 unspecified atom stereocenters. The average molecular weight is 632 g/mol. The highest BCUT2D eigenvalue weighted by Gasteiger charge is 2.51. The van der Waals surface area contributed by atoms with Crippen LogP contribution in [0.25, 0.3) is 82.1 Å². The van der Waals surface area contributed by atoms with Gasteiger partial charge in [-0.1, -0.05) is 140 Å². The number of aromatic nitrogens is 1. The SMILES string of the molecule is c1ccc2c(c1)-c1ccccc1C21c2ccc(-n3c4ccccc4c4ccccc43)cc2-c2cc3c4ccccc4c4ccccc4c3cc21. The standard InChI is InChI=1S/C49H29N/c1-3-15-33-31(13-1)32-14-2-4-16-34(32)40-29-46-42(28-39(33)40)41-27-30(50-47-23-11-7-19-37(47)38-20-8-12-24-48(38)50)25-26-45(41)49(46)43-21-9-5-17-35(43)36-18-6-10-22-44(36)49/h1-29H. The molecule has 10 aromatic rings. The normalized spacial score (nSPS) is 13.8. The van der Waals surface area contributed by atoms with Gasteiger partial charge in [0, 0.05) is 16.5 Å². The number of hydrogen-bond acceptors (Lipinski definition) is 0. The molecule has 1 spiro atoms. The van der Waals surface area contributed by atoms with E-state index in [0.717, 1.165) is 0 Å². The minimum Gasteiger partial charge on any atom is -0.309 e. The molecule has 0 fully saturated rings. The molecule has 0 saturated carbocycles. The third kappa shape index (κ3) is 3.10. The van der Waals surface area contributed by atoms with Crippen LogP contribution in [0.15, 0.2) is 176 Å².